The molecule has 2 saturated heterocycles. The molecule has 3 nitrogen and oxygen atoms in total. The Morgan fingerprint density at radius 3 is 2.65 bits per heavy atom. The van der Waals surface area contributed by atoms with Crippen molar-refractivity contribution in [3.63, 3.8) is 0 Å². The molecule has 0 spiro atoms. The first kappa shape index (κ1) is 11.2. The SMILES string of the molecule is O=S1(=O)CCC2CN(Cc3ccccc3)CC21. The first-order valence-electron chi connectivity index (χ1n) is 6.13. The molecule has 2 aliphatic rings. The van der Waals surface area contributed by atoms with E-state index < -0.39 is 9.84 Å². The zero-order valence-corrected chi connectivity index (χ0v) is 10.6. The van der Waals surface area contributed by atoms with Crippen LogP contribution in [0.15, 0.2) is 30.3 Å². The lowest BCUT2D eigenvalue weighted by Crippen LogP contribution is -2.26. The summed E-state index contributed by atoms with van der Waals surface area (Å²) in [5.41, 5.74) is 1.27. The van der Waals surface area contributed by atoms with E-state index in [-0.39, 0.29) is 5.25 Å². The van der Waals surface area contributed by atoms with Crippen LogP contribution in [-0.2, 0) is 16.4 Å². The smallest absolute Gasteiger partial charge is 0.154 e. The molecule has 4 heteroatoms. The van der Waals surface area contributed by atoms with Gasteiger partial charge < -0.3 is 0 Å². The zero-order valence-electron chi connectivity index (χ0n) is 9.75. The molecule has 0 bridgehead atoms. The molecule has 0 N–H and O–H groups in total. The van der Waals surface area contributed by atoms with E-state index in [4.69, 9.17) is 0 Å². The fraction of sp³-hybridized carbons (Fsp3) is 0.538. The summed E-state index contributed by atoms with van der Waals surface area (Å²) in [4.78, 5) is 2.28. The van der Waals surface area contributed by atoms with Gasteiger partial charge in [0, 0.05) is 19.6 Å². The first-order valence-corrected chi connectivity index (χ1v) is 7.84. The van der Waals surface area contributed by atoms with Gasteiger partial charge in [0.05, 0.1) is 11.0 Å². The molecule has 0 amide bonds. The van der Waals surface area contributed by atoms with Crippen molar-refractivity contribution < 1.29 is 8.42 Å². The van der Waals surface area contributed by atoms with Crippen LogP contribution in [0.25, 0.3) is 0 Å². The number of sulfone groups is 1. The van der Waals surface area contributed by atoms with Gasteiger partial charge in [-0.1, -0.05) is 30.3 Å². The molecule has 0 saturated carbocycles. The van der Waals surface area contributed by atoms with E-state index in [0.717, 1.165) is 26.1 Å². The fourth-order valence-corrected chi connectivity index (χ4v) is 5.23. The van der Waals surface area contributed by atoms with Crippen LogP contribution >= 0.6 is 0 Å². The van der Waals surface area contributed by atoms with E-state index in [1.165, 1.54) is 5.56 Å². The third-order valence-corrected chi connectivity index (χ3v) is 6.20. The Kier molecular flexibility index (Phi) is 2.71. The Bertz CT molecular complexity index is 497. The second kappa shape index (κ2) is 4.10. The summed E-state index contributed by atoms with van der Waals surface area (Å²) in [5, 5.41) is -0.0915. The molecule has 2 aliphatic heterocycles. The highest BCUT2D eigenvalue weighted by molar-refractivity contribution is 7.92. The number of hydrogen-bond donors (Lipinski definition) is 0. The van der Waals surface area contributed by atoms with E-state index in [1.807, 2.05) is 18.2 Å². The molecule has 3 rings (SSSR count). The van der Waals surface area contributed by atoms with E-state index in [2.05, 4.69) is 17.0 Å². The van der Waals surface area contributed by atoms with Gasteiger partial charge in [-0.05, 0) is 17.9 Å². The van der Waals surface area contributed by atoms with Crippen LogP contribution in [0, 0.1) is 5.92 Å². The summed E-state index contributed by atoms with van der Waals surface area (Å²) in [7, 11) is -2.79. The normalized spacial score (nSPS) is 31.5. The standard InChI is InChI=1S/C13H17NO2S/c15-17(16)7-6-12-9-14(10-13(12)17)8-11-4-2-1-3-5-11/h1-5,12-13H,6-10H2. The summed E-state index contributed by atoms with van der Waals surface area (Å²) >= 11 is 0. The van der Waals surface area contributed by atoms with Crippen molar-refractivity contribution in [2.45, 2.75) is 18.2 Å². The third kappa shape index (κ3) is 2.11. The Balaban J connectivity index is 1.70. The van der Waals surface area contributed by atoms with Crippen molar-refractivity contribution in [3.8, 4) is 0 Å². The molecule has 0 aliphatic carbocycles. The molecule has 17 heavy (non-hydrogen) atoms. The maximum absolute atomic E-state index is 11.8. The van der Waals surface area contributed by atoms with E-state index in [0.29, 0.717) is 11.7 Å². The molecule has 92 valence electrons. The molecule has 2 atom stereocenters. The highest BCUT2D eigenvalue weighted by Crippen LogP contribution is 2.34. The van der Waals surface area contributed by atoms with Gasteiger partial charge in [-0.15, -0.1) is 0 Å². The number of nitrogens with zero attached hydrogens (tertiary/aromatic N) is 1. The predicted octanol–water partition coefficient (Wildman–Crippen LogP) is 1.31. The maximum atomic E-state index is 11.8. The van der Waals surface area contributed by atoms with Crippen LogP contribution in [-0.4, -0.2) is 37.4 Å². The fourth-order valence-electron chi connectivity index (χ4n) is 3.05. The number of benzene rings is 1. The highest BCUT2D eigenvalue weighted by Gasteiger charge is 2.45. The summed E-state index contributed by atoms with van der Waals surface area (Å²) in [5.74, 6) is 0.783. The molecule has 1 aromatic rings. The van der Waals surface area contributed by atoms with Gasteiger partial charge in [0.25, 0.3) is 0 Å². The van der Waals surface area contributed by atoms with Crippen LogP contribution in [0.2, 0.25) is 0 Å². The Morgan fingerprint density at radius 1 is 1.18 bits per heavy atom. The van der Waals surface area contributed by atoms with Crippen LogP contribution < -0.4 is 0 Å². The molecule has 1 aromatic carbocycles. The minimum atomic E-state index is -2.79. The molecule has 2 heterocycles. The maximum Gasteiger partial charge on any atom is 0.154 e. The first-order chi connectivity index (χ1) is 8.15. The van der Waals surface area contributed by atoms with E-state index >= 15 is 0 Å². The van der Waals surface area contributed by atoms with E-state index in [1.54, 1.807) is 0 Å². The molecule has 0 radical (unpaired) electrons. The van der Waals surface area contributed by atoms with Crippen molar-refractivity contribution in [1.29, 1.82) is 0 Å². The molecular weight excluding hydrogens is 234 g/mol. The van der Waals surface area contributed by atoms with Crippen LogP contribution in [0.4, 0.5) is 0 Å². The van der Waals surface area contributed by atoms with Crippen LogP contribution in [0.3, 0.4) is 0 Å². The summed E-state index contributed by atoms with van der Waals surface area (Å²) < 4.78 is 23.6. The van der Waals surface area contributed by atoms with Crippen molar-refractivity contribution in [1.82, 2.24) is 4.90 Å². The van der Waals surface area contributed by atoms with Crippen molar-refractivity contribution >= 4 is 9.84 Å². The number of likely N-dealkylation sites (tertiary alicyclic amines) is 1. The number of fused-ring (bicyclic) bond motifs is 1. The monoisotopic (exact) mass is 251 g/mol. The second-order valence-electron chi connectivity index (χ2n) is 5.13. The Hall–Kier alpha value is -0.870. The lowest BCUT2D eigenvalue weighted by molar-refractivity contribution is 0.314. The average molecular weight is 251 g/mol. The Labute approximate surface area is 102 Å². The average Bonchev–Trinajstić information content (AvgIpc) is 2.82. The quantitative estimate of drug-likeness (QED) is 0.795. The second-order valence-corrected chi connectivity index (χ2v) is 7.47. The van der Waals surface area contributed by atoms with Gasteiger partial charge >= 0.3 is 0 Å². The van der Waals surface area contributed by atoms with Gasteiger partial charge in [0.2, 0.25) is 0 Å². The van der Waals surface area contributed by atoms with Crippen molar-refractivity contribution in [2.75, 3.05) is 18.8 Å². The summed E-state index contributed by atoms with van der Waals surface area (Å²) in [6.45, 7) is 2.55. The molecular formula is C13H17NO2S. The minimum Gasteiger partial charge on any atom is -0.297 e. The summed E-state index contributed by atoms with van der Waals surface area (Å²) in [6, 6.07) is 10.3. The Morgan fingerprint density at radius 2 is 1.94 bits per heavy atom. The van der Waals surface area contributed by atoms with Gasteiger partial charge in [-0.25, -0.2) is 8.42 Å². The zero-order chi connectivity index (χ0) is 11.9. The largest absolute Gasteiger partial charge is 0.297 e. The van der Waals surface area contributed by atoms with Crippen LogP contribution in [0.5, 0.6) is 0 Å². The van der Waals surface area contributed by atoms with E-state index in [9.17, 15) is 8.42 Å². The van der Waals surface area contributed by atoms with Gasteiger partial charge in [-0.3, -0.25) is 4.90 Å². The van der Waals surface area contributed by atoms with Gasteiger partial charge in [0.15, 0.2) is 9.84 Å². The van der Waals surface area contributed by atoms with Gasteiger partial charge in [0.1, 0.15) is 0 Å². The van der Waals surface area contributed by atoms with Crippen molar-refractivity contribution in [3.05, 3.63) is 35.9 Å². The topological polar surface area (TPSA) is 37.4 Å². The lowest BCUT2D eigenvalue weighted by Gasteiger charge is -2.16. The van der Waals surface area contributed by atoms with Crippen LogP contribution in [0.1, 0.15) is 12.0 Å². The third-order valence-electron chi connectivity index (χ3n) is 3.94. The summed E-state index contributed by atoms with van der Waals surface area (Å²) in [6.07, 6.45) is 0.859. The molecule has 0 aromatic heterocycles. The minimum absolute atomic E-state index is 0.0915. The lowest BCUT2D eigenvalue weighted by atomic mass is 10.1. The highest BCUT2D eigenvalue weighted by atomic mass is 32.2. The molecule has 2 fully saturated rings. The van der Waals surface area contributed by atoms with Crippen molar-refractivity contribution in [2.24, 2.45) is 5.92 Å². The van der Waals surface area contributed by atoms with Gasteiger partial charge in [-0.2, -0.15) is 0 Å². The number of rotatable bonds is 2. The number of hydrogen-bond acceptors (Lipinski definition) is 3. The predicted molar refractivity (Wildman–Crippen MR) is 67.4 cm³/mol. The molecule has 2 unspecified atom stereocenters.